The van der Waals surface area contributed by atoms with E-state index in [1.165, 1.54) is 17.0 Å². The van der Waals surface area contributed by atoms with Gasteiger partial charge < -0.3 is 9.64 Å². The molecule has 0 aliphatic carbocycles. The number of carbonyl (C=O) groups is 1. The number of hydrogen-bond acceptors (Lipinski definition) is 4. The molecule has 0 spiro atoms. The van der Waals surface area contributed by atoms with Gasteiger partial charge >= 0.3 is 0 Å². The molecule has 1 amide bonds. The van der Waals surface area contributed by atoms with Gasteiger partial charge in [0.05, 0.1) is 17.2 Å². The highest BCUT2D eigenvalue weighted by Crippen LogP contribution is 2.26. The van der Waals surface area contributed by atoms with Crippen LogP contribution in [0.3, 0.4) is 0 Å². The first-order chi connectivity index (χ1) is 15.3. The molecule has 0 saturated heterocycles. The van der Waals surface area contributed by atoms with Crippen LogP contribution in [0, 0.1) is 6.92 Å². The molecule has 3 aromatic carbocycles. The van der Waals surface area contributed by atoms with Crippen LogP contribution in [0.1, 0.15) is 18.1 Å². The van der Waals surface area contributed by atoms with Gasteiger partial charge in [-0.3, -0.25) is 9.10 Å². The molecule has 0 aromatic heterocycles. The predicted molar refractivity (Wildman–Crippen MR) is 126 cm³/mol. The fraction of sp³-hybridized carbons (Fsp3) is 0.240. The summed E-state index contributed by atoms with van der Waals surface area (Å²) in [5, 5.41) is 0. The molecule has 168 valence electrons. The van der Waals surface area contributed by atoms with Crippen molar-refractivity contribution in [1.29, 1.82) is 0 Å². The Labute approximate surface area is 190 Å². The summed E-state index contributed by atoms with van der Waals surface area (Å²) in [6, 6.07) is 22.7. The van der Waals surface area contributed by atoms with Crippen molar-refractivity contribution in [2.45, 2.75) is 25.3 Å². The van der Waals surface area contributed by atoms with E-state index in [4.69, 9.17) is 4.74 Å². The Kier molecular flexibility index (Phi) is 7.53. The van der Waals surface area contributed by atoms with Crippen LogP contribution < -0.4 is 9.04 Å². The number of amides is 1. The number of rotatable bonds is 9. The number of nitrogens with zero attached hydrogens (tertiary/aromatic N) is 2. The molecule has 7 heteroatoms. The van der Waals surface area contributed by atoms with Gasteiger partial charge in [0.1, 0.15) is 12.3 Å². The third-order valence-corrected chi connectivity index (χ3v) is 6.80. The Bertz CT molecular complexity index is 1130. The van der Waals surface area contributed by atoms with E-state index < -0.39 is 10.0 Å². The maximum Gasteiger partial charge on any atom is 0.264 e. The van der Waals surface area contributed by atoms with Crippen LogP contribution in [-0.4, -0.2) is 39.4 Å². The lowest BCUT2D eigenvalue weighted by atomic mass is 10.1. The molecule has 0 aliphatic heterocycles. The van der Waals surface area contributed by atoms with E-state index in [9.17, 15) is 13.2 Å². The molecular weight excluding hydrogens is 424 g/mol. The van der Waals surface area contributed by atoms with Crippen LogP contribution >= 0.6 is 0 Å². The Balaban J connectivity index is 1.88. The minimum atomic E-state index is -3.94. The molecule has 3 aromatic rings. The monoisotopic (exact) mass is 452 g/mol. The Morgan fingerprint density at radius 2 is 1.53 bits per heavy atom. The molecule has 0 unspecified atom stereocenters. The summed E-state index contributed by atoms with van der Waals surface area (Å²) in [5.41, 5.74) is 2.51. The summed E-state index contributed by atoms with van der Waals surface area (Å²) in [6.07, 6.45) is 0. The summed E-state index contributed by atoms with van der Waals surface area (Å²) in [7, 11) is -2.27. The van der Waals surface area contributed by atoms with Crippen molar-refractivity contribution in [3.8, 4) is 5.75 Å². The Hall–Kier alpha value is -3.32. The number of sulfonamides is 1. The quantitative estimate of drug-likeness (QED) is 0.487. The van der Waals surface area contributed by atoms with Crippen molar-refractivity contribution in [3.05, 3.63) is 90.0 Å². The van der Waals surface area contributed by atoms with E-state index in [1.807, 2.05) is 38.1 Å². The van der Waals surface area contributed by atoms with Gasteiger partial charge in [0, 0.05) is 13.6 Å². The summed E-state index contributed by atoms with van der Waals surface area (Å²) in [5.74, 6) is 0.329. The highest BCUT2D eigenvalue weighted by atomic mass is 32.2. The van der Waals surface area contributed by atoms with Gasteiger partial charge in [-0.15, -0.1) is 0 Å². The van der Waals surface area contributed by atoms with Crippen molar-refractivity contribution < 1.29 is 17.9 Å². The average Bonchev–Trinajstić information content (AvgIpc) is 2.80. The number of likely N-dealkylation sites (N-methyl/N-ethyl adjacent to an activating group) is 1. The van der Waals surface area contributed by atoms with Gasteiger partial charge in [-0.25, -0.2) is 8.42 Å². The zero-order valence-electron chi connectivity index (χ0n) is 18.6. The lowest BCUT2D eigenvalue weighted by Gasteiger charge is -2.27. The van der Waals surface area contributed by atoms with E-state index >= 15 is 0 Å². The molecular formula is C25H28N2O4S. The van der Waals surface area contributed by atoms with Gasteiger partial charge in [-0.2, -0.15) is 0 Å². The lowest BCUT2D eigenvalue weighted by molar-refractivity contribution is -0.128. The SMILES string of the molecule is CCOc1ccc(N(CC(=O)N(C)Cc2ccc(C)cc2)S(=O)(=O)c2ccccc2)cc1. The summed E-state index contributed by atoms with van der Waals surface area (Å²) < 4.78 is 33.4. The molecule has 0 saturated carbocycles. The molecule has 32 heavy (non-hydrogen) atoms. The highest BCUT2D eigenvalue weighted by Gasteiger charge is 2.28. The van der Waals surface area contributed by atoms with E-state index in [0.717, 1.165) is 15.4 Å². The first kappa shape index (κ1) is 23.3. The molecule has 0 aliphatic rings. The topological polar surface area (TPSA) is 66.9 Å². The first-order valence-corrected chi connectivity index (χ1v) is 11.9. The zero-order chi connectivity index (χ0) is 23.1. The second kappa shape index (κ2) is 10.3. The fourth-order valence-corrected chi connectivity index (χ4v) is 4.64. The van der Waals surface area contributed by atoms with Gasteiger partial charge in [0.25, 0.3) is 10.0 Å². The molecule has 0 radical (unpaired) electrons. The standard InChI is InChI=1S/C25H28N2O4S/c1-4-31-23-16-14-22(15-17-23)27(32(29,30)24-8-6-5-7-9-24)19-25(28)26(3)18-21-12-10-20(2)11-13-21/h5-17H,4,18-19H2,1-3H3. The second-order valence-corrected chi connectivity index (χ2v) is 9.35. The lowest BCUT2D eigenvalue weighted by Crippen LogP contribution is -2.41. The van der Waals surface area contributed by atoms with Crippen LogP contribution in [0.4, 0.5) is 5.69 Å². The normalized spacial score (nSPS) is 11.1. The van der Waals surface area contributed by atoms with Crippen molar-refractivity contribution in [2.24, 2.45) is 0 Å². The average molecular weight is 453 g/mol. The molecule has 0 fully saturated rings. The van der Waals surface area contributed by atoms with Crippen LogP contribution in [0.2, 0.25) is 0 Å². The van der Waals surface area contributed by atoms with Crippen molar-refractivity contribution in [1.82, 2.24) is 4.90 Å². The maximum absolute atomic E-state index is 13.4. The number of benzene rings is 3. The predicted octanol–water partition coefficient (Wildman–Crippen LogP) is 4.25. The molecule has 3 rings (SSSR count). The highest BCUT2D eigenvalue weighted by molar-refractivity contribution is 7.92. The van der Waals surface area contributed by atoms with Crippen LogP contribution in [0.5, 0.6) is 5.75 Å². The summed E-state index contributed by atoms with van der Waals surface area (Å²) in [6.45, 7) is 4.47. The third-order valence-electron chi connectivity index (χ3n) is 5.01. The number of hydrogen-bond donors (Lipinski definition) is 0. The van der Waals surface area contributed by atoms with Gasteiger partial charge in [0.15, 0.2) is 0 Å². The molecule has 0 bridgehead atoms. The molecule has 0 heterocycles. The fourth-order valence-electron chi connectivity index (χ4n) is 3.21. The number of ether oxygens (including phenoxy) is 1. The van der Waals surface area contributed by atoms with E-state index in [-0.39, 0.29) is 17.3 Å². The number of aryl methyl sites for hydroxylation is 1. The smallest absolute Gasteiger partial charge is 0.264 e. The zero-order valence-corrected chi connectivity index (χ0v) is 19.4. The number of anilines is 1. The largest absolute Gasteiger partial charge is 0.494 e. The Morgan fingerprint density at radius 3 is 2.12 bits per heavy atom. The second-order valence-electron chi connectivity index (χ2n) is 7.49. The van der Waals surface area contributed by atoms with Crippen molar-refractivity contribution >= 4 is 21.6 Å². The van der Waals surface area contributed by atoms with E-state index in [0.29, 0.717) is 24.6 Å². The Morgan fingerprint density at radius 1 is 0.906 bits per heavy atom. The summed E-state index contributed by atoms with van der Waals surface area (Å²) >= 11 is 0. The third kappa shape index (κ3) is 5.68. The minimum absolute atomic E-state index is 0.128. The van der Waals surface area contributed by atoms with Crippen LogP contribution in [-0.2, 0) is 21.4 Å². The summed E-state index contributed by atoms with van der Waals surface area (Å²) in [4.78, 5) is 14.7. The van der Waals surface area contributed by atoms with Gasteiger partial charge in [-0.1, -0.05) is 48.0 Å². The molecule has 0 N–H and O–H groups in total. The maximum atomic E-state index is 13.4. The van der Waals surface area contributed by atoms with E-state index in [1.54, 1.807) is 49.5 Å². The van der Waals surface area contributed by atoms with E-state index in [2.05, 4.69) is 0 Å². The van der Waals surface area contributed by atoms with Crippen LogP contribution in [0.25, 0.3) is 0 Å². The van der Waals surface area contributed by atoms with Crippen LogP contribution in [0.15, 0.2) is 83.8 Å². The van der Waals surface area contributed by atoms with Gasteiger partial charge in [-0.05, 0) is 55.8 Å². The van der Waals surface area contributed by atoms with Gasteiger partial charge in [0.2, 0.25) is 5.91 Å². The minimum Gasteiger partial charge on any atom is -0.494 e. The van der Waals surface area contributed by atoms with Crippen molar-refractivity contribution in [2.75, 3.05) is 24.5 Å². The molecule has 6 nitrogen and oxygen atoms in total. The first-order valence-electron chi connectivity index (χ1n) is 10.4. The van der Waals surface area contributed by atoms with Crippen molar-refractivity contribution in [3.63, 3.8) is 0 Å². The number of carbonyl (C=O) groups excluding carboxylic acids is 1. The molecule has 0 atom stereocenters.